The van der Waals surface area contributed by atoms with E-state index in [0.29, 0.717) is 43.6 Å². The Labute approximate surface area is 315 Å². The second-order valence-corrected chi connectivity index (χ2v) is 15.1. The second-order valence-electron chi connectivity index (χ2n) is 15.1. The summed E-state index contributed by atoms with van der Waals surface area (Å²) in [5.41, 5.74) is 4.65. The van der Waals surface area contributed by atoms with Crippen molar-refractivity contribution in [2.45, 2.75) is 90.6 Å². The van der Waals surface area contributed by atoms with Crippen molar-refractivity contribution in [1.29, 1.82) is 0 Å². The molecule has 0 spiro atoms. The van der Waals surface area contributed by atoms with Gasteiger partial charge in [-0.1, -0.05) is 29.8 Å². The zero-order chi connectivity index (χ0) is 38.2. The molecule has 6 rings (SSSR count). The van der Waals surface area contributed by atoms with Crippen molar-refractivity contribution in [1.82, 2.24) is 36.2 Å². The standard InChI is InChI=1S/C40H49N9O5/c1-25-23-49(24-26(2)53-25)35-19-16-32(22-41-35)29-10-6-27(7-11-29)20-34(38(51)43-33-17-14-30(15-18-33)36-45-47-48-46-36)44-37(50)31-12-8-28(9-13-31)21-42-39(52)54-40(3,4)5/h6-7,10-11,14-19,21-22,25-26,31,34H,8-9,12-13,20,23-24H2,1-5H3,(H,42,52)(H,43,51)(H,44,50)(H,45,46,47,48)/t25?,26?,31?,34-/m0/s1. The molecule has 0 radical (unpaired) electrons. The minimum absolute atomic E-state index is 0.147. The van der Waals surface area contributed by atoms with Crippen molar-refractivity contribution in [3.63, 3.8) is 0 Å². The van der Waals surface area contributed by atoms with Crippen molar-refractivity contribution in [2.24, 2.45) is 5.92 Å². The van der Waals surface area contributed by atoms with Crippen molar-refractivity contribution < 1.29 is 23.9 Å². The number of aromatic nitrogens is 5. The van der Waals surface area contributed by atoms with E-state index in [2.05, 4.69) is 61.4 Å². The number of allylic oxidation sites excluding steroid dienone is 1. The quantitative estimate of drug-likeness (QED) is 0.156. The van der Waals surface area contributed by atoms with Crippen LogP contribution in [0.4, 0.5) is 16.3 Å². The molecule has 1 saturated carbocycles. The molecule has 14 nitrogen and oxygen atoms in total. The number of amides is 3. The molecule has 1 saturated heterocycles. The predicted octanol–water partition coefficient (Wildman–Crippen LogP) is 5.81. The molecular formula is C40H49N9O5. The third-order valence-corrected chi connectivity index (χ3v) is 9.40. The van der Waals surface area contributed by atoms with Gasteiger partial charge in [-0.25, -0.2) is 9.78 Å². The van der Waals surface area contributed by atoms with Crippen molar-refractivity contribution >= 4 is 29.4 Å². The Morgan fingerprint density at radius 1 is 0.944 bits per heavy atom. The Kier molecular flexibility index (Phi) is 12.0. The van der Waals surface area contributed by atoms with Crippen LogP contribution in [-0.2, 0) is 25.5 Å². The van der Waals surface area contributed by atoms with Gasteiger partial charge in [0.1, 0.15) is 17.5 Å². The first kappa shape index (κ1) is 38.1. The number of aromatic amines is 1. The molecule has 4 aromatic rings. The minimum atomic E-state index is -0.828. The van der Waals surface area contributed by atoms with Crippen LogP contribution >= 0.6 is 0 Å². The van der Waals surface area contributed by atoms with Gasteiger partial charge in [-0.3, -0.25) is 14.9 Å². The van der Waals surface area contributed by atoms with E-state index in [1.165, 1.54) is 0 Å². The predicted molar refractivity (Wildman–Crippen MR) is 205 cm³/mol. The molecule has 2 aliphatic rings. The number of carbonyl (C=O) groups excluding carboxylic acids is 3. The molecule has 2 aromatic heterocycles. The first-order chi connectivity index (χ1) is 25.9. The van der Waals surface area contributed by atoms with E-state index in [-0.39, 0.29) is 29.9 Å². The van der Waals surface area contributed by atoms with Gasteiger partial charge in [0.15, 0.2) is 0 Å². The van der Waals surface area contributed by atoms with Gasteiger partial charge >= 0.3 is 6.09 Å². The van der Waals surface area contributed by atoms with Gasteiger partial charge < -0.3 is 25.0 Å². The number of morpholine rings is 1. The molecule has 4 N–H and O–H groups in total. The van der Waals surface area contributed by atoms with Crippen LogP contribution in [0.15, 0.2) is 78.6 Å². The zero-order valence-corrected chi connectivity index (χ0v) is 31.5. The number of benzene rings is 2. The summed E-state index contributed by atoms with van der Waals surface area (Å²) in [6, 6.07) is 18.4. The van der Waals surface area contributed by atoms with Crippen LogP contribution in [0, 0.1) is 5.92 Å². The monoisotopic (exact) mass is 735 g/mol. The van der Waals surface area contributed by atoms with Crippen molar-refractivity contribution in [2.75, 3.05) is 23.3 Å². The molecule has 2 unspecified atom stereocenters. The molecule has 14 heteroatoms. The fourth-order valence-electron chi connectivity index (χ4n) is 6.76. The summed E-state index contributed by atoms with van der Waals surface area (Å²) in [4.78, 5) is 46.5. The van der Waals surface area contributed by atoms with Crippen LogP contribution in [0.5, 0.6) is 0 Å². The largest absolute Gasteiger partial charge is 0.444 e. The van der Waals surface area contributed by atoms with E-state index in [4.69, 9.17) is 14.5 Å². The van der Waals surface area contributed by atoms with Gasteiger partial charge in [0.05, 0.1) is 12.2 Å². The second kappa shape index (κ2) is 17.0. The SMILES string of the molecule is CC1CN(c2ccc(-c3ccc(C[C@H](NC(=O)C4CCC(=CNC(=O)OC(C)(C)C)CC4)C(=O)Nc4ccc(-c5nn[nH]n5)cc4)cc3)cn2)CC(C)O1. The molecule has 3 heterocycles. The molecule has 3 amide bonds. The number of carbonyl (C=O) groups is 3. The normalized spacial score (nSPS) is 19.4. The maximum Gasteiger partial charge on any atom is 0.411 e. The van der Waals surface area contributed by atoms with E-state index in [1.807, 2.05) is 57.3 Å². The van der Waals surface area contributed by atoms with Crippen LogP contribution < -0.4 is 20.9 Å². The van der Waals surface area contributed by atoms with Crippen molar-refractivity contribution in [3.05, 3.63) is 84.2 Å². The van der Waals surface area contributed by atoms with Gasteiger partial charge in [0, 0.05) is 54.6 Å². The van der Waals surface area contributed by atoms with E-state index < -0.39 is 17.7 Å². The summed E-state index contributed by atoms with van der Waals surface area (Å²) >= 11 is 0. The van der Waals surface area contributed by atoms with E-state index in [1.54, 1.807) is 30.5 Å². The molecule has 0 bridgehead atoms. The summed E-state index contributed by atoms with van der Waals surface area (Å²) in [7, 11) is 0. The third kappa shape index (κ3) is 10.5. The lowest BCUT2D eigenvalue weighted by Crippen LogP contribution is -2.47. The highest BCUT2D eigenvalue weighted by molar-refractivity contribution is 5.97. The lowest BCUT2D eigenvalue weighted by Gasteiger charge is -2.36. The van der Waals surface area contributed by atoms with Gasteiger partial charge in [-0.05, 0) is 113 Å². The number of H-pyrrole nitrogens is 1. The molecule has 1 aliphatic carbocycles. The average molecular weight is 736 g/mol. The molecule has 284 valence electrons. The Morgan fingerprint density at radius 2 is 1.61 bits per heavy atom. The number of nitrogens with one attached hydrogen (secondary N) is 4. The summed E-state index contributed by atoms with van der Waals surface area (Å²) < 4.78 is 11.2. The third-order valence-electron chi connectivity index (χ3n) is 9.40. The fraction of sp³-hybridized carbons (Fsp3) is 0.425. The lowest BCUT2D eigenvalue weighted by molar-refractivity contribution is -0.129. The summed E-state index contributed by atoms with van der Waals surface area (Å²) in [6.07, 6.45) is 6.15. The van der Waals surface area contributed by atoms with E-state index >= 15 is 0 Å². The first-order valence-electron chi connectivity index (χ1n) is 18.5. The number of ether oxygens (including phenoxy) is 2. The maximum atomic E-state index is 13.8. The summed E-state index contributed by atoms with van der Waals surface area (Å²) in [5.74, 6) is 0.600. The Morgan fingerprint density at radius 3 is 2.22 bits per heavy atom. The topological polar surface area (TPSA) is 176 Å². The van der Waals surface area contributed by atoms with E-state index in [9.17, 15) is 14.4 Å². The summed E-state index contributed by atoms with van der Waals surface area (Å²) in [5, 5.41) is 22.8. The number of nitrogens with zero attached hydrogens (tertiary/aromatic N) is 5. The molecule has 54 heavy (non-hydrogen) atoms. The maximum absolute atomic E-state index is 13.8. The molecule has 2 aromatic carbocycles. The number of hydrogen-bond acceptors (Lipinski definition) is 10. The van der Waals surface area contributed by atoms with E-state index in [0.717, 1.165) is 46.7 Å². The zero-order valence-electron chi connectivity index (χ0n) is 31.5. The number of alkyl carbamates (subject to hydrolysis) is 1. The lowest BCUT2D eigenvalue weighted by atomic mass is 9.85. The first-order valence-corrected chi connectivity index (χ1v) is 18.5. The fourth-order valence-corrected chi connectivity index (χ4v) is 6.76. The molecule has 1 aliphatic heterocycles. The smallest absolute Gasteiger partial charge is 0.411 e. The molecule has 3 atom stereocenters. The Balaban J connectivity index is 1.11. The molecular weight excluding hydrogens is 686 g/mol. The van der Waals surface area contributed by atoms with Gasteiger partial charge in [-0.2, -0.15) is 5.21 Å². The van der Waals surface area contributed by atoms with Gasteiger partial charge in [0.2, 0.25) is 17.6 Å². The number of hydrogen-bond donors (Lipinski definition) is 4. The summed E-state index contributed by atoms with van der Waals surface area (Å²) in [6.45, 7) is 11.2. The number of pyridine rings is 1. The number of tetrazole rings is 1. The number of anilines is 2. The van der Waals surface area contributed by atoms with Crippen molar-refractivity contribution in [3.8, 4) is 22.5 Å². The highest BCUT2D eigenvalue weighted by atomic mass is 16.6. The Hall–Kier alpha value is -5.63. The highest BCUT2D eigenvalue weighted by Crippen LogP contribution is 2.29. The number of rotatable bonds is 10. The minimum Gasteiger partial charge on any atom is -0.444 e. The van der Waals surface area contributed by atoms with Gasteiger partial charge in [0.25, 0.3) is 0 Å². The van der Waals surface area contributed by atoms with Gasteiger partial charge in [-0.15, -0.1) is 10.2 Å². The molecule has 2 fully saturated rings. The van der Waals surface area contributed by atoms with Crippen LogP contribution in [0.3, 0.4) is 0 Å². The average Bonchev–Trinajstić information content (AvgIpc) is 3.69. The Bertz CT molecular complexity index is 1890. The van der Waals surface area contributed by atoms with Crippen LogP contribution in [0.2, 0.25) is 0 Å². The van der Waals surface area contributed by atoms with Crippen LogP contribution in [-0.4, -0.2) is 80.5 Å². The van der Waals surface area contributed by atoms with Crippen LogP contribution in [0.25, 0.3) is 22.5 Å². The van der Waals surface area contributed by atoms with Crippen LogP contribution in [0.1, 0.15) is 65.9 Å². The highest BCUT2D eigenvalue weighted by Gasteiger charge is 2.29.